The molecule has 0 saturated heterocycles. The third kappa shape index (κ3) is 4.20. The SMILES string of the molecule is CC1CCCCC1NC(=O)CNc1ccc(Br)cc1F. The van der Waals surface area contributed by atoms with Gasteiger partial charge in [-0.3, -0.25) is 4.79 Å². The van der Waals surface area contributed by atoms with Crippen LogP contribution in [0.25, 0.3) is 0 Å². The fourth-order valence-corrected chi connectivity index (χ4v) is 2.93. The highest BCUT2D eigenvalue weighted by Crippen LogP contribution is 2.23. The first-order valence-corrected chi connectivity index (χ1v) is 7.84. The van der Waals surface area contributed by atoms with Crippen LogP contribution in [0, 0.1) is 11.7 Å². The van der Waals surface area contributed by atoms with E-state index in [1.54, 1.807) is 12.1 Å². The third-order valence-corrected chi connectivity index (χ3v) is 4.32. The van der Waals surface area contributed by atoms with E-state index in [1.807, 2.05) is 0 Å². The summed E-state index contributed by atoms with van der Waals surface area (Å²) >= 11 is 3.20. The summed E-state index contributed by atoms with van der Waals surface area (Å²) in [5.41, 5.74) is 0.347. The zero-order valence-corrected chi connectivity index (χ0v) is 13.2. The Morgan fingerprint density at radius 3 is 2.85 bits per heavy atom. The summed E-state index contributed by atoms with van der Waals surface area (Å²) in [4.78, 5) is 11.9. The molecule has 0 spiro atoms. The lowest BCUT2D eigenvalue weighted by atomic mass is 9.86. The van der Waals surface area contributed by atoms with Crippen LogP contribution in [0.2, 0.25) is 0 Å². The molecule has 1 aromatic rings. The molecule has 2 N–H and O–H groups in total. The van der Waals surface area contributed by atoms with Crippen molar-refractivity contribution in [3.05, 3.63) is 28.5 Å². The summed E-state index contributed by atoms with van der Waals surface area (Å²) < 4.78 is 14.3. The molecule has 2 unspecified atom stereocenters. The van der Waals surface area contributed by atoms with Gasteiger partial charge in [0, 0.05) is 10.5 Å². The highest BCUT2D eigenvalue weighted by atomic mass is 79.9. The number of hydrogen-bond acceptors (Lipinski definition) is 2. The van der Waals surface area contributed by atoms with E-state index in [4.69, 9.17) is 0 Å². The van der Waals surface area contributed by atoms with E-state index in [2.05, 4.69) is 33.5 Å². The summed E-state index contributed by atoms with van der Waals surface area (Å²) in [7, 11) is 0. The van der Waals surface area contributed by atoms with Gasteiger partial charge in [0.15, 0.2) is 0 Å². The minimum atomic E-state index is -0.363. The molecule has 20 heavy (non-hydrogen) atoms. The summed E-state index contributed by atoms with van der Waals surface area (Å²) in [6, 6.07) is 5.00. The van der Waals surface area contributed by atoms with Crippen LogP contribution in [0.4, 0.5) is 10.1 Å². The molecule has 1 aromatic carbocycles. The Morgan fingerprint density at radius 2 is 2.15 bits per heavy atom. The van der Waals surface area contributed by atoms with Crippen molar-refractivity contribution in [3.8, 4) is 0 Å². The molecule has 110 valence electrons. The fourth-order valence-electron chi connectivity index (χ4n) is 2.60. The summed E-state index contributed by atoms with van der Waals surface area (Å²) in [5, 5.41) is 5.87. The maximum Gasteiger partial charge on any atom is 0.239 e. The second-order valence-electron chi connectivity index (χ2n) is 5.41. The van der Waals surface area contributed by atoms with Crippen molar-refractivity contribution < 1.29 is 9.18 Å². The lowest BCUT2D eigenvalue weighted by Gasteiger charge is -2.29. The van der Waals surface area contributed by atoms with Gasteiger partial charge in [0.05, 0.1) is 12.2 Å². The molecule has 0 aliphatic heterocycles. The van der Waals surface area contributed by atoms with Gasteiger partial charge in [-0.2, -0.15) is 0 Å². The monoisotopic (exact) mass is 342 g/mol. The molecule has 0 aromatic heterocycles. The maximum absolute atomic E-state index is 13.6. The number of rotatable bonds is 4. The molecule has 0 radical (unpaired) electrons. The average Bonchev–Trinajstić information content (AvgIpc) is 2.40. The number of carbonyl (C=O) groups excluding carboxylic acids is 1. The lowest BCUT2D eigenvalue weighted by Crippen LogP contribution is -2.43. The Labute approximate surface area is 127 Å². The van der Waals surface area contributed by atoms with Gasteiger partial charge < -0.3 is 10.6 Å². The summed E-state index contributed by atoms with van der Waals surface area (Å²) in [6.45, 7) is 2.27. The Kier molecular flexibility index (Phi) is 5.40. The third-order valence-electron chi connectivity index (χ3n) is 3.83. The Hall–Kier alpha value is -1.10. The zero-order chi connectivity index (χ0) is 14.5. The van der Waals surface area contributed by atoms with Gasteiger partial charge in [-0.05, 0) is 37.0 Å². The summed E-state index contributed by atoms with van der Waals surface area (Å²) in [6.07, 6.45) is 4.62. The molecule has 5 heteroatoms. The van der Waals surface area contributed by atoms with Gasteiger partial charge >= 0.3 is 0 Å². The molecule has 1 fully saturated rings. The van der Waals surface area contributed by atoms with Gasteiger partial charge in [0.25, 0.3) is 0 Å². The topological polar surface area (TPSA) is 41.1 Å². The maximum atomic E-state index is 13.6. The predicted octanol–water partition coefficient (Wildman–Crippen LogP) is 3.70. The molecule has 2 atom stereocenters. The molecule has 0 bridgehead atoms. The van der Waals surface area contributed by atoms with Crippen molar-refractivity contribution in [1.82, 2.24) is 5.32 Å². The van der Waals surface area contributed by atoms with E-state index in [0.29, 0.717) is 16.1 Å². The number of carbonyl (C=O) groups is 1. The van der Waals surface area contributed by atoms with Crippen molar-refractivity contribution in [2.24, 2.45) is 5.92 Å². The first-order valence-electron chi connectivity index (χ1n) is 7.04. The summed E-state index contributed by atoms with van der Waals surface area (Å²) in [5.74, 6) is 0.0846. The molecule has 2 rings (SSSR count). The second-order valence-corrected chi connectivity index (χ2v) is 6.33. The molecule has 1 amide bonds. The number of nitrogens with one attached hydrogen (secondary N) is 2. The van der Waals surface area contributed by atoms with Crippen LogP contribution in [0.15, 0.2) is 22.7 Å². The minimum Gasteiger partial charge on any atom is -0.374 e. The van der Waals surface area contributed by atoms with Crippen LogP contribution in [0.1, 0.15) is 32.6 Å². The molecule has 3 nitrogen and oxygen atoms in total. The first kappa shape index (κ1) is 15.3. The van der Waals surface area contributed by atoms with E-state index in [-0.39, 0.29) is 24.3 Å². The largest absolute Gasteiger partial charge is 0.374 e. The van der Waals surface area contributed by atoms with Crippen molar-refractivity contribution in [1.29, 1.82) is 0 Å². The van der Waals surface area contributed by atoms with Gasteiger partial charge in [0.2, 0.25) is 5.91 Å². The van der Waals surface area contributed by atoms with Crippen molar-refractivity contribution in [2.45, 2.75) is 38.6 Å². The Balaban J connectivity index is 1.82. The van der Waals surface area contributed by atoms with Gasteiger partial charge in [0.1, 0.15) is 5.82 Å². The van der Waals surface area contributed by atoms with E-state index >= 15 is 0 Å². The van der Waals surface area contributed by atoms with E-state index in [1.165, 1.54) is 25.3 Å². The predicted molar refractivity (Wildman–Crippen MR) is 82.2 cm³/mol. The molecule has 0 heterocycles. The molecule has 1 aliphatic rings. The number of amides is 1. The number of halogens is 2. The highest BCUT2D eigenvalue weighted by Gasteiger charge is 2.22. The van der Waals surface area contributed by atoms with Crippen LogP contribution in [-0.4, -0.2) is 18.5 Å². The second kappa shape index (κ2) is 7.07. The van der Waals surface area contributed by atoms with Crippen LogP contribution in [0.3, 0.4) is 0 Å². The Bertz CT molecular complexity index is 481. The van der Waals surface area contributed by atoms with Crippen LogP contribution >= 0.6 is 15.9 Å². The molecule has 1 saturated carbocycles. The Morgan fingerprint density at radius 1 is 1.40 bits per heavy atom. The van der Waals surface area contributed by atoms with Crippen molar-refractivity contribution in [3.63, 3.8) is 0 Å². The number of anilines is 1. The van der Waals surface area contributed by atoms with Crippen LogP contribution < -0.4 is 10.6 Å². The number of hydrogen-bond donors (Lipinski definition) is 2. The molecule has 1 aliphatic carbocycles. The smallest absolute Gasteiger partial charge is 0.239 e. The molecular weight excluding hydrogens is 323 g/mol. The minimum absolute atomic E-state index is 0.0777. The van der Waals surface area contributed by atoms with Crippen molar-refractivity contribution in [2.75, 3.05) is 11.9 Å². The zero-order valence-electron chi connectivity index (χ0n) is 11.6. The van der Waals surface area contributed by atoms with Gasteiger partial charge in [-0.1, -0.05) is 35.7 Å². The number of benzene rings is 1. The average molecular weight is 343 g/mol. The standard InChI is InChI=1S/C15H20BrFN2O/c1-10-4-2-3-5-13(10)19-15(20)9-18-14-7-6-11(16)8-12(14)17/h6-8,10,13,18H,2-5,9H2,1H3,(H,19,20). The highest BCUT2D eigenvalue weighted by molar-refractivity contribution is 9.10. The first-order chi connectivity index (χ1) is 9.56. The van der Waals surface area contributed by atoms with E-state index in [9.17, 15) is 9.18 Å². The molecular formula is C15H20BrFN2O. The normalized spacial score (nSPS) is 22.4. The van der Waals surface area contributed by atoms with Gasteiger partial charge in [-0.25, -0.2) is 4.39 Å². The van der Waals surface area contributed by atoms with Crippen LogP contribution in [-0.2, 0) is 4.79 Å². The van der Waals surface area contributed by atoms with E-state index in [0.717, 1.165) is 6.42 Å². The van der Waals surface area contributed by atoms with Crippen molar-refractivity contribution >= 4 is 27.5 Å². The quantitative estimate of drug-likeness (QED) is 0.875. The van der Waals surface area contributed by atoms with E-state index < -0.39 is 0 Å². The van der Waals surface area contributed by atoms with Crippen LogP contribution in [0.5, 0.6) is 0 Å². The van der Waals surface area contributed by atoms with Gasteiger partial charge in [-0.15, -0.1) is 0 Å². The fraction of sp³-hybridized carbons (Fsp3) is 0.533. The lowest BCUT2D eigenvalue weighted by molar-refractivity contribution is -0.120.